The molecule has 0 saturated heterocycles. The second-order valence-corrected chi connectivity index (χ2v) is 6.80. The van der Waals surface area contributed by atoms with E-state index in [1.54, 1.807) is 20.8 Å². The maximum absolute atomic E-state index is 12.9. The molecule has 0 fully saturated rings. The molecule has 2 rings (SSSR count). The zero-order valence-electron chi connectivity index (χ0n) is 16.5. The minimum atomic E-state index is -4.59. The first-order valence-corrected chi connectivity index (χ1v) is 9.02. The molecule has 30 heavy (non-hydrogen) atoms. The lowest BCUT2D eigenvalue weighted by Gasteiger charge is -2.18. The van der Waals surface area contributed by atoms with Gasteiger partial charge in [0.05, 0.1) is 6.04 Å². The molecule has 2 aromatic rings. The summed E-state index contributed by atoms with van der Waals surface area (Å²) in [6.45, 7) is 5.10. The number of hydrogen-bond donors (Lipinski definition) is 2. The third-order valence-electron chi connectivity index (χ3n) is 4.03. The molecule has 0 aliphatic heterocycles. The van der Waals surface area contributed by atoms with Gasteiger partial charge >= 0.3 is 12.5 Å². The van der Waals surface area contributed by atoms with Gasteiger partial charge in [-0.3, -0.25) is 9.59 Å². The van der Waals surface area contributed by atoms with E-state index in [4.69, 9.17) is 0 Å². The number of amides is 2. The van der Waals surface area contributed by atoms with E-state index in [0.29, 0.717) is 5.56 Å². The molecule has 1 atom stereocenters. The molecule has 1 aromatic carbocycles. The van der Waals surface area contributed by atoms with Gasteiger partial charge in [-0.2, -0.15) is 17.6 Å². The van der Waals surface area contributed by atoms with Crippen LogP contribution in [0, 0.1) is 5.92 Å². The number of nitrogens with one attached hydrogen (secondary N) is 2. The van der Waals surface area contributed by atoms with Gasteiger partial charge in [0.15, 0.2) is 0 Å². The molecule has 1 aromatic heterocycles. The smallest absolute Gasteiger partial charge is 0.428 e. The van der Waals surface area contributed by atoms with Gasteiger partial charge in [-0.15, -0.1) is 0 Å². The number of alkyl halides is 4. The summed E-state index contributed by atoms with van der Waals surface area (Å²) in [5.74, 6) is -1.14. The van der Waals surface area contributed by atoms with Gasteiger partial charge in [0.2, 0.25) is 5.91 Å². The molecule has 0 radical (unpaired) electrons. The van der Waals surface area contributed by atoms with Crippen molar-refractivity contribution in [3.63, 3.8) is 0 Å². The molecule has 0 spiro atoms. The van der Waals surface area contributed by atoms with Gasteiger partial charge in [0.25, 0.3) is 5.91 Å². The van der Waals surface area contributed by atoms with Crippen LogP contribution in [0.25, 0.3) is 0 Å². The summed E-state index contributed by atoms with van der Waals surface area (Å²) in [4.78, 5) is 28.2. The Morgan fingerprint density at radius 2 is 1.70 bits per heavy atom. The highest BCUT2D eigenvalue weighted by atomic mass is 19.3. The SMILES string of the molecule is CC(C)C(=O)Nc1cc(C(=O)NC(C)c2ccc(OC(F)(F)C(F)F)cc2)ccn1. The number of nitrogens with zero attached hydrogens (tertiary/aromatic N) is 1. The van der Waals surface area contributed by atoms with Crippen LogP contribution in [-0.4, -0.2) is 29.3 Å². The first-order valence-electron chi connectivity index (χ1n) is 9.02. The molecule has 1 heterocycles. The minimum Gasteiger partial charge on any atom is -0.428 e. The third-order valence-corrected chi connectivity index (χ3v) is 4.03. The molecule has 6 nitrogen and oxygen atoms in total. The number of rotatable bonds is 8. The Kier molecular flexibility index (Phi) is 7.36. The van der Waals surface area contributed by atoms with E-state index in [1.165, 1.54) is 30.5 Å². The molecule has 2 amide bonds. The predicted octanol–water partition coefficient (Wildman–Crippen LogP) is 4.40. The topological polar surface area (TPSA) is 80.3 Å². The van der Waals surface area contributed by atoms with Gasteiger partial charge in [-0.25, -0.2) is 4.98 Å². The quantitative estimate of drug-likeness (QED) is 0.612. The lowest BCUT2D eigenvalue weighted by atomic mass is 10.1. The second-order valence-electron chi connectivity index (χ2n) is 6.80. The number of hydrogen-bond acceptors (Lipinski definition) is 4. The van der Waals surface area contributed by atoms with E-state index in [9.17, 15) is 27.2 Å². The fourth-order valence-corrected chi connectivity index (χ4v) is 2.30. The van der Waals surface area contributed by atoms with Crippen LogP contribution in [0.4, 0.5) is 23.4 Å². The molecule has 2 N–H and O–H groups in total. The Balaban J connectivity index is 2.03. The van der Waals surface area contributed by atoms with Crippen LogP contribution >= 0.6 is 0 Å². The number of pyridine rings is 1. The van der Waals surface area contributed by atoms with Crippen molar-refractivity contribution in [3.8, 4) is 5.75 Å². The van der Waals surface area contributed by atoms with Gasteiger partial charge < -0.3 is 15.4 Å². The summed E-state index contributed by atoms with van der Waals surface area (Å²) in [6.07, 6.45) is -7.16. The van der Waals surface area contributed by atoms with Crippen molar-refractivity contribution >= 4 is 17.6 Å². The lowest BCUT2D eigenvalue weighted by Crippen LogP contribution is -2.33. The average molecular weight is 427 g/mol. The van der Waals surface area contributed by atoms with Crippen molar-refractivity contribution in [2.75, 3.05) is 5.32 Å². The highest BCUT2D eigenvalue weighted by molar-refractivity contribution is 5.97. The van der Waals surface area contributed by atoms with Crippen LogP contribution in [0.15, 0.2) is 42.6 Å². The van der Waals surface area contributed by atoms with E-state index < -0.39 is 30.2 Å². The van der Waals surface area contributed by atoms with Gasteiger partial charge in [-0.05, 0) is 36.8 Å². The van der Waals surface area contributed by atoms with Gasteiger partial charge in [0.1, 0.15) is 11.6 Å². The summed E-state index contributed by atoms with van der Waals surface area (Å²) in [7, 11) is 0. The van der Waals surface area contributed by atoms with E-state index in [2.05, 4.69) is 20.4 Å². The van der Waals surface area contributed by atoms with Crippen LogP contribution < -0.4 is 15.4 Å². The molecule has 162 valence electrons. The minimum absolute atomic E-state index is 0.232. The largest absolute Gasteiger partial charge is 0.461 e. The Labute approximate surface area is 170 Å². The van der Waals surface area contributed by atoms with Gasteiger partial charge in [0, 0.05) is 17.7 Å². The number of carbonyl (C=O) groups is 2. The monoisotopic (exact) mass is 427 g/mol. The number of ether oxygens (including phenoxy) is 1. The standard InChI is InChI=1S/C20H21F4N3O3/c1-11(2)17(28)27-16-10-14(8-9-25-16)18(29)26-12(3)13-4-6-15(7-5-13)30-20(23,24)19(21)22/h4-12,19H,1-3H3,(H,26,29)(H,25,27,28). The number of carbonyl (C=O) groups excluding carboxylic acids is 2. The molecular formula is C20H21F4N3O3. The molecule has 0 aliphatic rings. The van der Waals surface area contributed by atoms with Crippen molar-refractivity contribution in [2.45, 2.75) is 39.3 Å². The summed E-state index contributed by atoms with van der Waals surface area (Å²) >= 11 is 0. The van der Waals surface area contributed by atoms with E-state index in [1.807, 2.05) is 0 Å². The van der Waals surface area contributed by atoms with Crippen LogP contribution in [0.1, 0.15) is 42.7 Å². The van der Waals surface area contributed by atoms with Crippen molar-refractivity contribution in [1.29, 1.82) is 0 Å². The number of aromatic nitrogens is 1. The van der Waals surface area contributed by atoms with Crippen LogP contribution in [0.2, 0.25) is 0 Å². The Morgan fingerprint density at radius 1 is 1.07 bits per heavy atom. The summed E-state index contributed by atoms with van der Waals surface area (Å²) in [5.41, 5.74) is 0.797. The van der Waals surface area contributed by atoms with Crippen molar-refractivity contribution in [3.05, 3.63) is 53.7 Å². The fraction of sp³-hybridized carbons (Fsp3) is 0.350. The van der Waals surface area contributed by atoms with E-state index in [-0.39, 0.29) is 23.2 Å². The molecule has 10 heteroatoms. The first-order chi connectivity index (χ1) is 14.0. The van der Waals surface area contributed by atoms with Crippen LogP contribution in [-0.2, 0) is 4.79 Å². The molecule has 0 saturated carbocycles. The first kappa shape index (κ1) is 23.1. The highest BCUT2D eigenvalue weighted by Crippen LogP contribution is 2.28. The summed E-state index contributed by atoms with van der Waals surface area (Å²) in [5, 5.41) is 5.31. The van der Waals surface area contributed by atoms with Crippen LogP contribution in [0.5, 0.6) is 5.75 Å². The van der Waals surface area contributed by atoms with Gasteiger partial charge in [-0.1, -0.05) is 26.0 Å². The second kappa shape index (κ2) is 9.55. The Hall–Kier alpha value is -3.17. The lowest BCUT2D eigenvalue weighted by molar-refractivity contribution is -0.253. The zero-order chi connectivity index (χ0) is 22.5. The normalized spacial score (nSPS) is 12.6. The highest BCUT2D eigenvalue weighted by Gasteiger charge is 2.43. The number of halogens is 4. The predicted molar refractivity (Wildman–Crippen MR) is 102 cm³/mol. The number of anilines is 1. The molecule has 0 bridgehead atoms. The van der Waals surface area contributed by atoms with Crippen molar-refractivity contribution in [2.24, 2.45) is 5.92 Å². The third kappa shape index (κ3) is 6.16. The molecule has 1 unspecified atom stereocenters. The maximum Gasteiger partial charge on any atom is 0.461 e. The summed E-state index contributed by atoms with van der Waals surface area (Å²) < 4.78 is 54.3. The number of benzene rings is 1. The average Bonchev–Trinajstić information content (AvgIpc) is 2.68. The Bertz CT molecular complexity index is 889. The fourth-order valence-electron chi connectivity index (χ4n) is 2.30. The molecular weight excluding hydrogens is 406 g/mol. The molecule has 0 aliphatic carbocycles. The van der Waals surface area contributed by atoms with E-state index in [0.717, 1.165) is 12.1 Å². The Morgan fingerprint density at radius 3 is 2.27 bits per heavy atom. The van der Waals surface area contributed by atoms with Crippen molar-refractivity contribution < 1.29 is 31.9 Å². The maximum atomic E-state index is 12.9. The summed E-state index contributed by atoms with van der Waals surface area (Å²) in [6, 6.07) is 7.35. The zero-order valence-corrected chi connectivity index (χ0v) is 16.5. The van der Waals surface area contributed by atoms with Crippen LogP contribution in [0.3, 0.4) is 0 Å². The van der Waals surface area contributed by atoms with Crippen molar-refractivity contribution in [1.82, 2.24) is 10.3 Å². The van der Waals surface area contributed by atoms with E-state index >= 15 is 0 Å².